The number of amides is 3. The molecule has 0 aliphatic heterocycles. The molecule has 1 aromatic heterocycles. The number of nitrogens with one attached hydrogen (secondary N) is 2. The summed E-state index contributed by atoms with van der Waals surface area (Å²) in [7, 11) is 2.65. The zero-order valence-corrected chi connectivity index (χ0v) is 14.7. The van der Waals surface area contributed by atoms with E-state index >= 15 is 0 Å². The molecule has 0 fully saturated rings. The number of aromatic nitrogens is 1. The highest BCUT2D eigenvalue weighted by molar-refractivity contribution is 6.08. The lowest BCUT2D eigenvalue weighted by atomic mass is 10.0. The number of hydrogen-bond donors (Lipinski definition) is 3. The minimum absolute atomic E-state index is 0.307. The quantitative estimate of drug-likeness (QED) is 0.416. The number of nitrogens with zero attached hydrogens (tertiary/aromatic N) is 2. The van der Waals surface area contributed by atoms with Crippen LogP contribution >= 0.6 is 0 Å². The maximum atomic E-state index is 12.6. The lowest BCUT2D eigenvalue weighted by Gasteiger charge is -2.25. The zero-order chi connectivity index (χ0) is 19.3. The normalized spacial score (nSPS) is 11.4. The number of hydroxylamine groups is 1. The predicted octanol–water partition coefficient (Wildman–Crippen LogP) is 0.749. The van der Waals surface area contributed by atoms with Crippen LogP contribution in [-0.2, 0) is 9.59 Å². The first-order valence-corrected chi connectivity index (χ1v) is 7.84. The van der Waals surface area contributed by atoms with E-state index < -0.39 is 23.8 Å². The Morgan fingerprint density at radius 2 is 1.73 bits per heavy atom. The molecule has 0 radical (unpaired) electrons. The third-order valence-corrected chi connectivity index (χ3v) is 3.92. The second-order valence-electron chi connectivity index (χ2n) is 5.67. The third-order valence-electron chi connectivity index (χ3n) is 3.92. The summed E-state index contributed by atoms with van der Waals surface area (Å²) in [5.41, 5.74) is 4.46. The van der Waals surface area contributed by atoms with Crippen LogP contribution in [0.4, 0.5) is 0 Å². The average molecular weight is 356 g/mol. The molecule has 0 bridgehead atoms. The monoisotopic (exact) mass is 356 g/mol. The third kappa shape index (κ3) is 4.04. The van der Waals surface area contributed by atoms with Gasteiger partial charge in [-0.3, -0.25) is 24.6 Å². The number of benzene rings is 1. The highest BCUT2D eigenvalue weighted by Gasteiger charge is 2.33. The lowest BCUT2D eigenvalue weighted by Crippen LogP contribution is -2.54. The molecule has 1 atom stereocenters. The van der Waals surface area contributed by atoms with Gasteiger partial charge in [0, 0.05) is 31.5 Å². The Hall–Kier alpha value is -3.26. The standard InChI is InChI=1S/C18H20N4O4/c1-11-10-14(8-9-20-11)12-4-6-13(7-5-12)18(25)22(3)15(16(23)19-2)17(24)21-26/h4-10,15,26H,1-3H3,(H,19,23)(H,21,24). The number of carbonyl (C=O) groups is 3. The van der Waals surface area contributed by atoms with Gasteiger partial charge in [-0.25, -0.2) is 5.48 Å². The summed E-state index contributed by atoms with van der Waals surface area (Å²) in [6, 6.07) is 9.08. The van der Waals surface area contributed by atoms with Crippen LogP contribution in [0.15, 0.2) is 42.6 Å². The highest BCUT2D eigenvalue weighted by Crippen LogP contribution is 2.20. The van der Waals surface area contributed by atoms with E-state index in [1.807, 2.05) is 19.1 Å². The Labute approximate surface area is 150 Å². The van der Waals surface area contributed by atoms with Crippen molar-refractivity contribution in [2.24, 2.45) is 0 Å². The van der Waals surface area contributed by atoms with Crippen LogP contribution < -0.4 is 10.8 Å². The van der Waals surface area contributed by atoms with Crippen molar-refractivity contribution in [2.75, 3.05) is 14.1 Å². The number of hydrogen-bond acceptors (Lipinski definition) is 5. The number of likely N-dealkylation sites (N-methyl/N-ethyl adjacent to an activating group) is 2. The first kappa shape index (κ1) is 19.1. The summed E-state index contributed by atoms with van der Waals surface area (Å²) in [5, 5.41) is 11.1. The molecule has 1 aromatic carbocycles. The Balaban J connectivity index is 2.25. The van der Waals surface area contributed by atoms with E-state index in [1.165, 1.54) is 19.6 Å². The van der Waals surface area contributed by atoms with Crippen molar-refractivity contribution >= 4 is 17.7 Å². The van der Waals surface area contributed by atoms with E-state index in [1.54, 1.807) is 30.5 Å². The number of rotatable bonds is 5. The molecule has 3 amide bonds. The van der Waals surface area contributed by atoms with Gasteiger partial charge in [-0.1, -0.05) is 12.1 Å². The second kappa shape index (κ2) is 8.21. The molecule has 0 saturated carbocycles. The molecule has 1 unspecified atom stereocenters. The number of pyridine rings is 1. The van der Waals surface area contributed by atoms with E-state index in [2.05, 4.69) is 10.3 Å². The fourth-order valence-corrected chi connectivity index (χ4v) is 2.52. The Morgan fingerprint density at radius 3 is 2.27 bits per heavy atom. The molecule has 8 heteroatoms. The maximum Gasteiger partial charge on any atom is 0.275 e. The van der Waals surface area contributed by atoms with Gasteiger partial charge in [0.05, 0.1) is 0 Å². The molecule has 1 heterocycles. The van der Waals surface area contributed by atoms with Crippen molar-refractivity contribution in [3.05, 3.63) is 53.9 Å². The summed E-state index contributed by atoms with van der Waals surface area (Å²) in [6.07, 6.45) is 1.71. The molecule has 0 spiro atoms. The van der Waals surface area contributed by atoms with Crippen LogP contribution in [0, 0.1) is 6.92 Å². The summed E-state index contributed by atoms with van der Waals surface area (Å²) >= 11 is 0. The van der Waals surface area contributed by atoms with Gasteiger partial charge < -0.3 is 10.2 Å². The highest BCUT2D eigenvalue weighted by atomic mass is 16.5. The smallest absolute Gasteiger partial charge is 0.275 e. The average Bonchev–Trinajstić information content (AvgIpc) is 2.67. The largest absolute Gasteiger partial charge is 0.357 e. The number of carbonyl (C=O) groups excluding carboxylic acids is 3. The predicted molar refractivity (Wildman–Crippen MR) is 94.3 cm³/mol. The van der Waals surface area contributed by atoms with Crippen molar-refractivity contribution in [2.45, 2.75) is 13.0 Å². The van der Waals surface area contributed by atoms with Crippen molar-refractivity contribution in [3.63, 3.8) is 0 Å². The summed E-state index contributed by atoms with van der Waals surface area (Å²) in [6.45, 7) is 1.89. The molecule has 0 aliphatic rings. The summed E-state index contributed by atoms with van der Waals surface area (Å²) < 4.78 is 0. The topological polar surface area (TPSA) is 112 Å². The van der Waals surface area contributed by atoms with Gasteiger partial charge in [0.25, 0.3) is 17.7 Å². The van der Waals surface area contributed by atoms with E-state index in [9.17, 15) is 14.4 Å². The summed E-state index contributed by atoms with van der Waals surface area (Å²) in [4.78, 5) is 41.3. The van der Waals surface area contributed by atoms with Crippen molar-refractivity contribution in [3.8, 4) is 11.1 Å². The molecular formula is C18H20N4O4. The Kier molecular flexibility index (Phi) is 6.03. The molecule has 0 saturated heterocycles. The van der Waals surface area contributed by atoms with Gasteiger partial charge >= 0.3 is 0 Å². The van der Waals surface area contributed by atoms with Crippen LogP contribution in [0.3, 0.4) is 0 Å². The molecule has 0 aliphatic carbocycles. The first-order valence-electron chi connectivity index (χ1n) is 7.84. The van der Waals surface area contributed by atoms with Gasteiger partial charge in [0.1, 0.15) is 0 Å². The van der Waals surface area contributed by atoms with Gasteiger partial charge in [-0.2, -0.15) is 0 Å². The van der Waals surface area contributed by atoms with Gasteiger partial charge in [-0.05, 0) is 42.3 Å². The molecule has 2 rings (SSSR count). The van der Waals surface area contributed by atoms with Gasteiger partial charge in [0.15, 0.2) is 6.04 Å². The Morgan fingerprint density at radius 1 is 1.08 bits per heavy atom. The fourth-order valence-electron chi connectivity index (χ4n) is 2.52. The van der Waals surface area contributed by atoms with Crippen LogP contribution in [0.2, 0.25) is 0 Å². The maximum absolute atomic E-state index is 12.6. The van der Waals surface area contributed by atoms with E-state index in [0.29, 0.717) is 5.56 Å². The van der Waals surface area contributed by atoms with Gasteiger partial charge in [0.2, 0.25) is 0 Å². The molecule has 8 nitrogen and oxygen atoms in total. The molecule has 3 N–H and O–H groups in total. The van der Waals surface area contributed by atoms with E-state index in [0.717, 1.165) is 21.7 Å². The zero-order valence-electron chi connectivity index (χ0n) is 14.7. The van der Waals surface area contributed by atoms with E-state index in [-0.39, 0.29) is 0 Å². The molecule has 2 aromatic rings. The van der Waals surface area contributed by atoms with E-state index in [4.69, 9.17) is 5.21 Å². The molecular weight excluding hydrogens is 336 g/mol. The minimum Gasteiger partial charge on any atom is -0.357 e. The van der Waals surface area contributed by atoms with Crippen molar-refractivity contribution in [1.82, 2.24) is 20.7 Å². The second-order valence-corrected chi connectivity index (χ2v) is 5.67. The first-order chi connectivity index (χ1) is 12.4. The van der Waals surface area contributed by atoms with Crippen LogP contribution in [0.1, 0.15) is 16.1 Å². The van der Waals surface area contributed by atoms with Crippen molar-refractivity contribution < 1.29 is 19.6 Å². The molecule has 26 heavy (non-hydrogen) atoms. The Bertz CT molecular complexity index is 804. The van der Waals surface area contributed by atoms with Crippen molar-refractivity contribution in [1.29, 1.82) is 0 Å². The minimum atomic E-state index is -1.49. The SMILES string of the molecule is CNC(=O)C(C(=O)NO)N(C)C(=O)c1ccc(-c2ccnc(C)c2)cc1. The van der Waals surface area contributed by atoms with Crippen LogP contribution in [0.25, 0.3) is 11.1 Å². The molecule has 136 valence electrons. The van der Waals surface area contributed by atoms with Gasteiger partial charge in [-0.15, -0.1) is 0 Å². The lowest BCUT2D eigenvalue weighted by molar-refractivity contribution is -0.140. The fraction of sp³-hybridized carbons (Fsp3) is 0.222. The van der Waals surface area contributed by atoms with Crippen LogP contribution in [0.5, 0.6) is 0 Å². The van der Waals surface area contributed by atoms with Crippen LogP contribution in [-0.4, -0.2) is 52.9 Å². The summed E-state index contributed by atoms with van der Waals surface area (Å²) in [5.74, 6) is -2.24. The number of aryl methyl sites for hydroxylation is 1.